The number of anilines is 1. The zero-order chi connectivity index (χ0) is 21.1. The summed E-state index contributed by atoms with van der Waals surface area (Å²) in [5.41, 5.74) is -3.66. The number of nitro groups is 1. The number of amides is 1. The second-order valence-electron chi connectivity index (χ2n) is 5.27. The van der Waals surface area contributed by atoms with E-state index in [0.717, 1.165) is 6.07 Å². The number of benzene rings is 2. The number of hydrogen-bond donors (Lipinski definition) is 1. The van der Waals surface area contributed by atoms with Gasteiger partial charge in [-0.1, -0.05) is 0 Å². The number of carbonyl (C=O) groups is 2. The number of rotatable bonds is 5. The molecule has 1 N–H and O–H groups in total. The number of halogens is 5. The molecular weight excluding hydrogens is 395 g/mol. The molecule has 2 aromatic carbocycles. The third kappa shape index (κ3) is 5.22. The van der Waals surface area contributed by atoms with Crippen LogP contribution in [0.3, 0.4) is 0 Å². The van der Waals surface area contributed by atoms with Crippen LogP contribution in [0.5, 0.6) is 0 Å². The van der Waals surface area contributed by atoms with Gasteiger partial charge in [0, 0.05) is 18.2 Å². The van der Waals surface area contributed by atoms with Crippen LogP contribution in [0.2, 0.25) is 0 Å². The molecule has 1 amide bonds. The van der Waals surface area contributed by atoms with E-state index in [9.17, 15) is 41.7 Å². The summed E-state index contributed by atoms with van der Waals surface area (Å²) in [7, 11) is 0. The molecule has 2 aromatic rings. The van der Waals surface area contributed by atoms with Gasteiger partial charge < -0.3 is 10.1 Å². The van der Waals surface area contributed by atoms with Crippen LogP contribution in [-0.2, 0) is 15.7 Å². The van der Waals surface area contributed by atoms with Crippen molar-refractivity contribution in [3.8, 4) is 0 Å². The number of esters is 1. The standard InChI is InChI=1S/C16H9F5N2O5/c17-9-3-8(4-10(18)5-9)15(25)28-7-14(24)22-13-2-1-11(23(26)27)6-12(13)16(19,20)21/h1-6H,7H2,(H,22,24). The summed E-state index contributed by atoms with van der Waals surface area (Å²) >= 11 is 0. The van der Waals surface area contributed by atoms with Gasteiger partial charge in [0.05, 0.1) is 21.7 Å². The summed E-state index contributed by atoms with van der Waals surface area (Å²) in [6.45, 7) is -1.06. The predicted molar refractivity (Wildman–Crippen MR) is 83.4 cm³/mol. The molecule has 0 fully saturated rings. The van der Waals surface area contributed by atoms with Crippen LogP contribution in [-0.4, -0.2) is 23.4 Å². The number of nitrogens with zero attached hydrogens (tertiary/aromatic N) is 1. The minimum absolute atomic E-state index is 0.233. The fourth-order valence-corrected chi connectivity index (χ4v) is 2.06. The van der Waals surface area contributed by atoms with E-state index in [1.165, 1.54) is 0 Å². The Labute approximate surface area is 152 Å². The molecule has 0 saturated heterocycles. The maximum Gasteiger partial charge on any atom is 0.418 e. The van der Waals surface area contributed by atoms with E-state index in [-0.39, 0.29) is 6.07 Å². The molecule has 0 heterocycles. The first-order chi connectivity index (χ1) is 13.0. The summed E-state index contributed by atoms with van der Waals surface area (Å²) in [5, 5.41) is 12.4. The number of carbonyl (C=O) groups excluding carboxylic acids is 2. The van der Waals surface area contributed by atoms with Crippen molar-refractivity contribution in [3.05, 3.63) is 69.3 Å². The Morgan fingerprint density at radius 2 is 1.68 bits per heavy atom. The van der Waals surface area contributed by atoms with Crippen LogP contribution in [0.15, 0.2) is 36.4 Å². The Hall–Kier alpha value is -3.57. The quantitative estimate of drug-likeness (QED) is 0.355. The predicted octanol–water partition coefficient (Wildman–Crippen LogP) is 3.69. The minimum atomic E-state index is -5.01. The molecule has 0 aromatic heterocycles. The molecule has 7 nitrogen and oxygen atoms in total. The fraction of sp³-hybridized carbons (Fsp3) is 0.125. The van der Waals surface area contributed by atoms with Crippen molar-refractivity contribution in [2.75, 3.05) is 11.9 Å². The molecule has 28 heavy (non-hydrogen) atoms. The first-order valence-corrected chi connectivity index (χ1v) is 7.26. The normalized spacial score (nSPS) is 11.0. The Morgan fingerprint density at radius 1 is 1.07 bits per heavy atom. The maximum atomic E-state index is 13.0. The van der Waals surface area contributed by atoms with Gasteiger partial charge in [-0.05, 0) is 18.2 Å². The van der Waals surface area contributed by atoms with Crippen molar-refractivity contribution in [1.29, 1.82) is 0 Å². The van der Waals surface area contributed by atoms with Gasteiger partial charge in [0.1, 0.15) is 11.6 Å². The molecule has 0 aliphatic carbocycles. The summed E-state index contributed by atoms with van der Waals surface area (Å²) in [6, 6.07) is 3.42. The summed E-state index contributed by atoms with van der Waals surface area (Å²) < 4.78 is 69.6. The largest absolute Gasteiger partial charge is 0.452 e. The molecular formula is C16H9F5N2O5. The van der Waals surface area contributed by atoms with Gasteiger partial charge in [0.25, 0.3) is 11.6 Å². The summed E-state index contributed by atoms with van der Waals surface area (Å²) in [5.74, 6) is -4.63. The Bertz CT molecular complexity index is 925. The van der Waals surface area contributed by atoms with Gasteiger partial charge in [-0.15, -0.1) is 0 Å². The van der Waals surface area contributed by atoms with Crippen molar-refractivity contribution in [3.63, 3.8) is 0 Å². The van der Waals surface area contributed by atoms with Crippen molar-refractivity contribution in [1.82, 2.24) is 0 Å². The van der Waals surface area contributed by atoms with Gasteiger partial charge in [0.2, 0.25) is 0 Å². The van der Waals surface area contributed by atoms with Crippen LogP contribution in [0, 0.1) is 21.7 Å². The highest BCUT2D eigenvalue weighted by molar-refractivity contribution is 5.96. The van der Waals surface area contributed by atoms with Gasteiger partial charge in [-0.3, -0.25) is 14.9 Å². The molecule has 0 aliphatic heterocycles. The van der Waals surface area contributed by atoms with Gasteiger partial charge in [0.15, 0.2) is 6.61 Å². The van der Waals surface area contributed by atoms with Crippen molar-refractivity contribution >= 4 is 23.3 Å². The average Bonchev–Trinajstić information content (AvgIpc) is 2.58. The summed E-state index contributed by atoms with van der Waals surface area (Å²) in [6.07, 6.45) is -5.01. The van der Waals surface area contributed by atoms with Crippen molar-refractivity contribution in [2.45, 2.75) is 6.18 Å². The number of nitrogens with one attached hydrogen (secondary N) is 1. The first-order valence-electron chi connectivity index (χ1n) is 7.26. The van der Waals surface area contributed by atoms with Crippen LogP contribution in [0.1, 0.15) is 15.9 Å². The highest BCUT2D eigenvalue weighted by Crippen LogP contribution is 2.37. The topological polar surface area (TPSA) is 98.5 Å². The molecule has 0 saturated carbocycles. The third-order valence-corrected chi connectivity index (χ3v) is 3.23. The van der Waals surface area contributed by atoms with E-state index in [1.54, 1.807) is 5.32 Å². The van der Waals surface area contributed by atoms with Gasteiger partial charge in [-0.25, -0.2) is 13.6 Å². The maximum absolute atomic E-state index is 13.0. The second kappa shape index (κ2) is 7.98. The smallest absolute Gasteiger partial charge is 0.418 e. The van der Waals surface area contributed by atoms with Crippen LogP contribution in [0.25, 0.3) is 0 Å². The SMILES string of the molecule is O=C(COC(=O)c1cc(F)cc(F)c1)Nc1ccc([N+](=O)[O-])cc1C(F)(F)F. The Morgan fingerprint density at radius 3 is 2.21 bits per heavy atom. The van der Waals surface area contributed by atoms with Crippen LogP contribution >= 0.6 is 0 Å². The number of non-ortho nitro benzene ring substituents is 1. The molecule has 0 spiro atoms. The number of hydrogen-bond acceptors (Lipinski definition) is 5. The number of alkyl halides is 3. The van der Waals surface area contributed by atoms with E-state index >= 15 is 0 Å². The Balaban J connectivity index is 2.10. The molecule has 148 valence electrons. The highest BCUT2D eigenvalue weighted by Gasteiger charge is 2.35. The minimum Gasteiger partial charge on any atom is -0.452 e. The third-order valence-electron chi connectivity index (χ3n) is 3.23. The molecule has 0 atom stereocenters. The van der Waals surface area contributed by atoms with Gasteiger partial charge in [-0.2, -0.15) is 13.2 Å². The molecule has 0 radical (unpaired) electrons. The summed E-state index contributed by atoms with van der Waals surface area (Å²) in [4.78, 5) is 33.0. The van der Waals surface area contributed by atoms with Crippen molar-refractivity contribution in [2.24, 2.45) is 0 Å². The monoisotopic (exact) mass is 404 g/mol. The Kier molecular flexibility index (Phi) is 5.91. The zero-order valence-electron chi connectivity index (χ0n) is 13.5. The molecule has 0 unspecified atom stereocenters. The lowest BCUT2D eigenvalue weighted by Gasteiger charge is -2.13. The second-order valence-corrected chi connectivity index (χ2v) is 5.27. The zero-order valence-corrected chi connectivity index (χ0v) is 13.5. The van der Waals surface area contributed by atoms with E-state index < -0.39 is 63.7 Å². The average molecular weight is 404 g/mol. The molecule has 0 aliphatic rings. The fourth-order valence-electron chi connectivity index (χ4n) is 2.06. The highest BCUT2D eigenvalue weighted by atomic mass is 19.4. The van der Waals surface area contributed by atoms with E-state index in [4.69, 9.17) is 0 Å². The molecule has 2 rings (SSSR count). The first kappa shape index (κ1) is 20.7. The molecule has 0 bridgehead atoms. The lowest BCUT2D eigenvalue weighted by atomic mass is 10.1. The lowest BCUT2D eigenvalue weighted by molar-refractivity contribution is -0.385. The van der Waals surface area contributed by atoms with Crippen LogP contribution < -0.4 is 5.32 Å². The number of nitro benzene ring substituents is 1. The van der Waals surface area contributed by atoms with E-state index in [1.807, 2.05) is 0 Å². The van der Waals surface area contributed by atoms with E-state index in [0.29, 0.717) is 24.3 Å². The number of ether oxygens (including phenoxy) is 1. The van der Waals surface area contributed by atoms with Crippen molar-refractivity contribution < 1.29 is 41.2 Å². The van der Waals surface area contributed by atoms with Crippen LogP contribution in [0.4, 0.5) is 33.3 Å². The van der Waals surface area contributed by atoms with E-state index in [2.05, 4.69) is 4.74 Å². The lowest BCUT2D eigenvalue weighted by Crippen LogP contribution is -2.23. The molecule has 12 heteroatoms. The van der Waals surface area contributed by atoms with Gasteiger partial charge >= 0.3 is 12.1 Å².